The van der Waals surface area contributed by atoms with Crippen LogP contribution in [0.4, 0.5) is 4.79 Å². The second-order valence-corrected chi connectivity index (χ2v) is 15.2. The van der Waals surface area contributed by atoms with Crippen LogP contribution < -0.4 is 11.1 Å². The summed E-state index contributed by atoms with van der Waals surface area (Å²) in [4.78, 5) is 64.2. The van der Waals surface area contributed by atoms with Crippen LogP contribution in [0.3, 0.4) is 0 Å². The topological polar surface area (TPSA) is 175 Å². The average Bonchev–Trinajstić information content (AvgIpc) is 4.09. The summed E-state index contributed by atoms with van der Waals surface area (Å²) in [5.41, 5.74) is 13.3. The minimum Gasteiger partial charge on any atom is -0.453 e. The predicted octanol–water partition coefficient (Wildman–Crippen LogP) is 7.09. The molecule has 0 saturated carbocycles. The van der Waals surface area contributed by atoms with E-state index in [4.69, 9.17) is 20.4 Å². The van der Waals surface area contributed by atoms with Gasteiger partial charge in [-0.1, -0.05) is 80.6 Å². The van der Waals surface area contributed by atoms with E-state index in [1.54, 1.807) is 11.1 Å². The Morgan fingerprint density at radius 3 is 2.00 bits per heavy atom. The van der Waals surface area contributed by atoms with E-state index in [-0.39, 0.29) is 29.8 Å². The standard InChI is InChI=1S/C44H47N9O4/c1-26(2)38(45)42(54)52-21-7-11-36(52)40-47-25-35(50-40)31-18-20-33-30(23-31)17-19-32(48-33)27-13-15-28(16-14-27)34-24-46-41(49-34)37-12-8-22-53(37)43(55)39(51-44(56)57-3)29-9-5-4-6-10-29/h4-6,9-10,13-20,23-26,36-39H,7-8,11-12,21-22,45H2,1-3H3,(H,46,49)(H,47,50)(H,51,56)/t36-,37-,38-,39+/m0/s1. The van der Waals surface area contributed by atoms with E-state index in [0.29, 0.717) is 24.5 Å². The smallest absolute Gasteiger partial charge is 0.407 e. The lowest BCUT2D eigenvalue weighted by Gasteiger charge is -2.28. The monoisotopic (exact) mass is 765 g/mol. The van der Waals surface area contributed by atoms with Crippen molar-refractivity contribution in [3.05, 3.63) is 115 Å². The van der Waals surface area contributed by atoms with Crippen LogP contribution in [-0.2, 0) is 14.3 Å². The molecule has 292 valence electrons. The van der Waals surface area contributed by atoms with Gasteiger partial charge in [-0.2, -0.15) is 0 Å². The first kappa shape index (κ1) is 37.6. The van der Waals surface area contributed by atoms with Gasteiger partial charge in [-0.25, -0.2) is 19.7 Å². The number of aromatic amines is 2. The lowest BCUT2D eigenvalue weighted by atomic mass is 10.0. The van der Waals surface area contributed by atoms with Gasteiger partial charge < -0.3 is 35.6 Å². The van der Waals surface area contributed by atoms with Crippen LogP contribution in [0.1, 0.15) is 74.9 Å². The van der Waals surface area contributed by atoms with Gasteiger partial charge in [-0.15, -0.1) is 0 Å². The van der Waals surface area contributed by atoms with Crippen molar-refractivity contribution in [2.45, 2.75) is 63.7 Å². The highest BCUT2D eigenvalue weighted by molar-refractivity contribution is 5.88. The van der Waals surface area contributed by atoms with E-state index < -0.39 is 18.2 Å². The zero-order valence-corrected chi connectivity index (χ0v) is 32.3. The largest absolute Gasteiger partial charge is 0.453 e. The molecule has 6 aromatic rings. The van der Waals surface area contributed by atoms with E-state index in [9.17, 15) is 14.4 Å². The van der Waals surface area contributed by atoms with Crippen LogP contribution >= 0.6 is 0 Å². The summed E-state index contributed by atoms with van der Waals surface area (Å²) in [6.45, 7) is 5.19. The Morgan fingerprint density at radius 2 is 1.37 bits per heavy atom. The maximum Gasteiger partial charge on any atom is 0.407 e. The molecule has 2 aliphatic heterocycles. The van der Waals surface area contributed by atoms with Crippen LogP contribution in [0.15, 0.2) is 97.3 Å². The van der Waals surface area contributed by atoms with E-state index in [1.165, 1.54) is 7.11 Å². The van der Waals surface area contributed by atoms with Gasteiger partial charge in [0.15, 0.2) is 0 Å². The number of hydrogen-bond acceptors (Lipinski definition) is 8. The Morgan fingerprint density at radius 1 is 0.772 bits per heavy atom. The van der Waals surface area contributed by atoms with Gasteiger partial charge in [-0.3, -0.25) is 9.59 Å². The fraction of sp³-hybridized carbons (Fsp3) is 0.318. The first-order chi connectivity index (χ1) is 27.7. The molecule has 5 N–H and O–H groups in total. The van der Waals surface area contributed by atoms with Gasteiger partial charge in [0, 0.05) is 29.6 Å². The van der Waals surface area contributed by atoms with Crippen molar-refractivity contribution in [3.63, 3.8) is 0 Å². The predicted molar refractivity (Wildman–Crippen MR) is 217 cm³/mol. The SMILES string of the molecule is COC(=O)N[C@@H](C(=O)N1CCC[C@H]1c1ncc(-c2ccc(-c3ccc4cc(-c5cnc([C@@H]6CCCN6C(=O)[C@@H](N)C(C)C)[nH]5)ccc4n3)cc2)[nH]1)c1ccccc1. The van der Waals surface area contributed by atoms with Crippen molar-refractivity contribution in [2.75, 3.05) is 20.2 Å². The molecule has 0 aliphatic carbocycles. The molecule has 13 nitrogen and oxygen atoms in total. The fourth-order valence-corrected chi connectivity index (χ4v) is 7.96. The number of nitrogens with two attached hydrogens (primary N) is 1. The number of hydrogen-bond donors (Lipinski definition) is 4. The zero-order chi connectivity index (χ0) is 39.6. The Labute approximate surface area is 331 Å². The number of carbonyl (C=O) groups is 3. The second kappa shape index (κ2) is 16.0. The Bertz CT molecular complexity index is 2390. The molecule has 2 aliphatic rings. The molecular formula is C44H47N9O4. The number of nitrogens with one attached hydrogen (secondary N) is 3. The molecule has 3 amide bonds. The quantitative estimate of drug-likeness (QED) is 0.114. The fourth-order valence-electron chi connectivity index (χ4n) is 7.96. The number of methoxy groups -OCH3 is 1. The van der Waals surface area contributed by atoms with Crippen molar-refractivity contribution >= 4 is 28.8 Å². The number of pyridine rings is 1. The van der Waals surface area contributed by atoms with Gasteiger partial charge in [0.05, 0.1) is 60.2 Å². The number of aromatic nitrogens is 5. The molecule has 13 heteroatoms. The first-order valence-corrected chi connectivity index (χ1v) is 19.6. The maximum absolute atomic E-state index is 13.9. The molecule has 2 saturated heterocycles. The molecule has 57 heavy (non-hydrogen) atoms. The molecule has 4 atom stereocenters. The van der Waals surface area contributed by atoms with Gasteiger partial charge in [0.2, 0.25) is 5.91 Å². The number of carbonyl (C=O) groups excluding carboxylic acids is 3. The lowest BCUT2D eigenvalue weighted by Crippen LogP contribution is -2.46. The normalized spacial score (nSPS) is 17.9. The number of imidazole rings is 2. The van der Waals surface area contributed by atoms with Crippen LogP contribution in [-0.4, -0.2) is 78.9 Å². The minimum atomic E-state index is -0.876. The molecule has 5 heterocycles. The number of H-pyrrole nitrogens is 2. The summed E-state index contributed by atoms with van der Waals surface area (Å²) < 4.78 is 4.83. The van der Waals surface area contributed by atoms with Crippen molar-refractivity contribution in [1.29, 1.82) is 0 Å². The third-order valence-electron chi connectivity index (χ3n) is 11.2. The Kier molecular flexibility index (Phi) is 10.6. The summed E-state index contributed by atoms with van der Waals surface area (Å²) in [6, 6.07) is 25.9. The molecule has 0 unspecified atom stereocenters. The second-order valence-electron chi connectivity index (χ2n) is 15.2. The molecule has 0 bridgehead atoms. The molecule has 0 spiro atoms. The highest BCUT2D eigenvalue weighted by Gasteiger charge is 2.38. The van der Waals surface area contributed by atoms with E-state index in [1.807, 2.05) is 97.7 Å². The first-order valence-electron chi connectivity index (χ1n) is 19.6. The number of alkyl carbamates (subject to hydrolysis) is 1. The summed E-state index contributed by atoms with van der Waals surface area (Å²) in [6.07, 6.45) is 6.32. The lowest BCUT2D eigenvalue weighted by molar-refractivity contribution is -0.135. The van der Waals surface area contributed by atoms with Gasteiger partial charge >= 0.3 is 6.09 Å². The number of nitrogens with zero attached hydrogens (tertiary/aromatic N) is 5. The van der Waals surface area contributed by atoms with Crippen LogP contribution in [0.25, 0.3) is 44.7 Å². The van der Waals surface area contributed by atoms with Crippen LogP contribution in [0.5, 0.6) is 0 Å². The maximum atomic E-state index is 13.9. The number of rotatable bonds is 10. The summed E-state index contributed by atoms with van der Waals surface area (Å²) in [5.74, 6) is 1.33. The third-order valence-corrected chi connectivity index (χ3v) is 11.2. The number of likely N-dealkylation sites (tertiary alicyclic amines) is 2. The average molecular weight is 766 g/mol. The summed E-state index contributed by atoms with van der Waals surface area (Å²) in [5, 5.41) is 3.72. The molecule has 2 fully saturated rings. The van der Waals surface area contributed by atoms with E-state index >= 15 is 0 Å². The molecule has 3 aromatic carbocycles. The zero-order valence-electron chi connectivity index (χ0n) is 32.3. The van der Waals surface area contributed by atoms with Crippen LogP contribution in [0.2, 0.25) is 0 Å². The summed E-state index contributed by atoms with van der Waals surface area (Å²) >= 11 is 0. The van der Waals surface area contributed by atoms with Gasteiger partial charge in [-0.05, 0) is 60.9 Å². The van der Waals surface area contributed by atoms with Crippen molar-refractivity contribution < 1.29 is 19.1 Å². The van der Waals surface area contributed by atoms with E-state index in [0.717, 1.165) is 76.2 Å². The Hall–Kier alpha value is -6.34. The molecule has 8 rings (SSSR count). The molecular weight excluding hydrogens is 719 g/mol. The van der Waals surface area contributed by atoms with Crippen molar-refractivity contribution in [1.82, 2.24) is 40.0 Å². The minimum absolute atomic E-state index is 0.0187. The third kappa shape index (κ3) is 7.62. The number of benzene rings is 3. The van der Waals surface area contributed by atoms with Crippen LogP contribution in [0, 0.1) is 5.92 Å². The molecule has 0 radical (unpaired) electrons. The summed E-state index contributed by atoms with van der Waals surface area (Å²) in [7, 11) is 1.28. The number of ether oxygens (including phenoxy) is 1. The highest BCUT2D eigenvalue weighted by atomic mass is 16.5. The highest BCUT2D eigenvalue weighted by Crippen LogP contribution is 2.36. The number of amides is 3. The van der Waals surface area contributed by atoms with Crippen molar-refractivity contribution in [3.8, 4) is 33.8 Å². The van der Waals surface area contributed by atoms with Gasteiger partial charge in [0.25, 0.3) is 5.91 Å². The van der Waals surface area contributed by atoms with E-state index in [2.05, 4.69) is 32.4 Å². The Balaban J connectivity index is 0.952. The van der Waals surface area contributed by atoms with Crippen molar-refractivity contribution in [2.24, 2.45) is 11.7 Å². The molecule has 3 aromatic heterocycles. The number of fused-ring (bicyclic) bond motifs is 1. The van der Waals surface area contributed by atoms with Gasteiger partial charge in [0.1, 0.15) is 17.7 Å².